The molecule has 1 aromatic rings. The van der Waals surface area contributed by atoms with Gasteiger partial charge in [0.1, 0.15) is 13.7 Å². The highest BCUT2D eigenvalue weighted by atomic mass is 32.1. The van der Waals surface area contributed by atoms with Crippen LogP contribution in [0.1, 0.15) is 36.5 Å². The average molecular weight is 551 g/mol. The van der Waals surface area contributed by atoms with E-state index in [1.165, 1.54) is 11.0 Å². The molecule has 1 unspecified atom stereocenters. The Morgan fingerprint density at radius 1 is 1.23 bits per heavy atom. The van der Waals surface area contributed by atoms with Crippen LogP contribution in [-0.2, 0) is 9.53 Å². The fraction of sp³-hybridized carbons (Fsp3) is 0.444. The van der Waals surface area contributed by atoms with E-state index >= 15 is 4.39 Å². The summed E-state index contributed by atoms with van der Waals surface area (Å²) in [5, 5.41) is 10.7. The number of rotatable bonds is 9. The Morgan fingerprint density at radius 3 is 2.54 bits per heavy atom. The number of carbonyl (C=O) groups excluding carboxylic acids is 3. The second-order valence-corrected chi connectivity index (χ2v) is 10.6. The zero-order valence-corrected chi connectivity index (χ0v) is 22.6. The van der Waals surface area contributed by atoms with E-state index in [1.54, 1.807) is 42.2 Å². The summed E-state index contributed by atoms with van der Waals surface area (Å²) in [4.78, 5) is 43.1. The lowest BCUT2D eigenvalue weighted by Gasteiger charge is -2.39. The lowest BCUT2D eigenvalue weighted by Crippen LogP contribution is -2.52. The zero-order valence-electron chi connectivity index (χ0n) is 21.8. The number of amides is 2. The summed E-state index contributed by atoms with van der Waals surface area (Å²) in [6, 6.07) is 6.15. The molecule has 2 aliphatic heterocycles. The van der Waals surface area contributed by atoms with Gasteiger partial charge in [0, 0.05) is 56.5 Å². The highest BCUT2D eigenvalue weighted by molar-refractivity contribution is 7.80. The van der Waals surface area contributed by atoms with Gasteiger partial charge in [0.15, 0.2) is 11.4 Å². The van der Waals surface area contributed by atoms with Crippen LogP contribution in [0, 0.1) is 5.41 Å². The predicted molar refractivity (Wildman–Crippen MR) is 150 cm³/mol. The van der Waals surface area contributed by atoms with Gasteiger partial charge in [-0.15, -0.1) is 0 Å². The van der Waals surface area contributed by atoms with E-state index in [0.717, 1.165) is 6.21 Å². The third-order valence-corrected chi connectivity index (χ3v) is 7.35. The second-order valence-electron chi connectivity index (χ2n) is 9.94. The van der Waals surface area contributed by atoms with Crippen LogP contribution in [0.25, 0.3) is 0 Å². The van der Waals surface area contributed by atoms with Crippen LogP contribution in [-0.4, -0.2) is 102 Å². The number of nitrogens with zero attached hydrogens (tertiary/aromatic N) is 3. The van der Waals surface area contributed by atoms with Crippen LogP contribution in [0.4, 0.5) is 9.18 Å². The third-order valence-electron chi connectivity index (χ3n) is 7.21. The largest absolute Gasteiger partial charge is 0.433 e. The molecule has 9 nitrogen and oxygen atoms in total. The summed E-state index contributed by atoms with van der Waals surface area (Å²) in [5.74, 6) is -0.570. The number of Topliss-reactive ketones (excluding diaryl/α,β-unsaturated/α-hetero) is 1. The van der Waals surface area contributed by atoms with Crippen LogP contribution in [0.3, 0.4) is 0 Å². The summed E-state index contributed by atoms with van der Waals surface area (Å²) in [5.41, 5.74) is 0.324. The normalized spacial score (nSPS) is 23.5. The number of hydrogen-bond donors (Lipinski definition) is 2. The van der Waals surface area contributed by atoms with Gasteiger partial charge in [-0.05, 0) is 19.4 Å². The van der Waals surface area contributed by atoms with E-state index in [-0.39, 0.29) is 43.4 Å². The van der Waals surface area contributed by atoms with Gasteiger partial charge in [0.2, 0.25) is 5.91 Å². The quantitative estimate of drug-likeness (QED) is 0.209. The first-order valence-corrected chi connectivity index (χ1v) is 13.3. The Balaban J connectivity index is 1.27. The van der Waals surface area contributed by atoms with Crippen LogP contribution < -0.4 is 10.8 Å². The number of nitrogens with one attached hydrogen (secondary N) is 2. The number of benzene rings is 1. The summed E-state index contributed by atoms with van der Waals surface area (Å²) in [7, 11) is 5.65. The topological polar surface area (TPSA) is 106 Å². The van der Waals surface area contributed by atoms with E-state index in [9.17, 15) is 14.4 Å². The zero-order chi connectivity index (χ0) is 28.2. The maximum atomic E-state index is 15.2. The molecule has 3 aliphatic rings. The molecular formula is C27H31BFN5O4S. The minimum absolute atomic E-state index is 0.0762. The van der Waals surface area contributed by atoms with Crippen molar-refractivity contribution in [2.24, 2.45) is 0 Å². The van der Waals surface area contributed by atoms with Crippen LogP contribution in [0.5, 0.6) is 0 Å². The Bertz CT molecular complexity index is 1220. The number of halogens is 1. The Morgan fingerprint density at radius 2 is 1.92 bits per heavy atom. The number of hydrogen-bond acceptors (Lipinski definition) is 7. The number of thiocarbonyl (C=S) groups is 1. The highest BCUT2D eigenvalue weighted by Gasteiger charge is 2.45. The minimum Gasteiger partial charge on any atom is -0.433 e. The molecule has 12 heteroatoms. The van der Waals surface area contributed by atoms with E-state index < -0.39 is 17.7 Å². The number of ketones is 1. The van der Waals surface area contributed by atoms with Crippen molar-refractivity contribution in [2.45, 2.75) is 37.8 Å². The fourth-order valence-corrected chi connectivity index (χ4v) is 4.98. The van der Waals surface area contributed by atoms with Gasteiger partial charge in [-0.25, -0.2) is 9.18 Å². The fourth-order valence-electron chi connectivity index (χ4n) is 4.91. The summed E-state index contributed by atoms with van der Waals surface area (Å²) in [6.45, 7) is 3.82. The number of cyclic esters (lactones) is 1. The van der Waals surface area contributed by atoms with Crippen molar-refractivity contribution in [3.63, 3.8) is 0 Å². The molecule has 0 bridgehead atoms. The molecule has 2 amide bonds. The number of carbonyl (C=O) groups is 3. The molecule has 2 heterocycles. The molecule has 39 heavy (non-hydrogen) atoms. The molecule has 2 fully saturated rings. The number of piperazine rings is 1. The minimum atomic E-state index is -1.18. The monoisotopic (exact) mass is 551 g/mol. The molecule has 2 atom stereocenters. The van der Waals surface area contributed by atoms with Gasteiger partial charge in [-0.3, -0.25) is 19.4 Å². The van der Waals surface area contributed by atoms with Crippen molar-refractivity contribution in [3.8, 4) is 0 Å². The molecule has 2 saturated heterocycles. The SMILES string of the molecule is [B]c1ccc(C(=O)CCC(=O)N2CCN(C3CC=C(N4C[C@](C=N)(CNC(C)=S)OC4=O)C=C3F)CC2)cc1. The molecule has 1 aliphatic carbocycles. The Hall–Kier alpha value is -3.38. The smallest absolute Gasteiger partial charge is 0.415 e. The van der Waals surface area contributed by atoms with Gasteiger partial charge >= 0.3 is 6.09 Å². The maximum absolute atomic E-state index is 15.2. The first-order chi connectivity index (χ1) is 18.6. The maximum Gasteiger partial charge on any atom is 0.415 e. The lowest BCUT2D eigenvalue weighted by atomic mass is 9.94. The molecule has 0 saturated carbocycles. The number of allylic oxidation sites excluding steroid dienone is 1. The standard InChI is InChI=1S/C27H31BFN5O4S/c1-18(39)31-16-27(15-30)17-34(26(37)38-27)21-6-7-23(22(29)14-21)32-10-12-33(13-11-32)25(36)9-8-24(35)19-2-4-20(28)5-3-19/h2-6,14-15,23,30H,7-13,16-17H2,1H3,(H,31,39)/t23?,27-/m0/s1. The van der Waals surface area contributed by atoms with Crippen molar-refractivity contribution in [1.82, 2.24) is 20.0 Å². The molecule has 204 valence electrons. The average Bonchev–Trinajstić information content (AvgIpc) is 3.27. The van der Waals surface area contributed by atoms with E-state index in [0.29, 0.717) is 54.3 Å². The van der Waals surface area contributed by atoms with Gasteiger partial charge in [0.25, 0.3) is 0 Å². The molecule has 1 aromatic carbocycles. The van der Waals surface area contributed by atoms with Gasteiger partial charge in [0.05, 0.1) is 24.1 Å². The summed E-state index contributed by atoms with van der Waals surface area (Å²) in [6.07, 6.45) is 4.17. The van der Waals surface area contributed by atoms with Crippen LogP contribution in [0.15, 0.2) is 47.9 Å². The molecule has 4 rings (SSSR count). The molecular weight excluding hydrogens is 520 g/mol. The van der Waals surface area contributed by atoms with Crippen molar-refractivity contribution < 1.29 is 23.5 Å². The third kappa shape index (κ3) is 6.80. The van der Waals surface area contributed by atoms with Crippen LogP contribution in [0.2, 0.25) is 0 Å². The van der Waals surface area contributed by atoms with Crippen molar-refractivity contribution in [2.75, 3.05) is 39.3 Å². The van der Waals surface area contributed by atoms with Crippen molar-refractivity contribution in [3.05, 3.63) is 53.5 Å². The Labute approximate surface area is 233 Å². The van der Waals surface area contributed by atoms with Gasteiger partial charge < -0.3 is 20.4 Å². The summed E-state index contributed by atoms with van der Waals surface area (Å²) < 4.78 is 20.7. The van der Waals surface area contributed by atoms with Crippen LogP contribution >= 0.6 is 12.2 Å². The lowest BCUT2D eigenvalue weighted by molar-refractivity contribution is -0.133. The highest BCUT2D eigenvalue weighted by Crippen LogP contribution is 2.31. The van der Waals surface area contributed by atoms with Crippen molar-refractivity contribution in [1.29, 1.82) is 5.41 Å². The molecule has 2 N–H and O–H groups in total. The van der Waals surface area contributed by atoms with Gasteiger partial charge in [-0.1, -0.05) is 48.0 Å². The summed E-state index contributed by atoms with van der Waals surface area (Å²) >= 11 is 5.01. The molecule has 2 radical (unpaired) electrons. The first kappa shape index (κ1) is 28.6. The molecule has 0 aromatic heterocycles. The van der Waals surface area contributed by atoms with Crippen molar-refractivity contribution >= 4 is 54.5 Å². The second kappa shape index (κ2) is 12.2. The Kier molecular flexibility index (Phi) is 8.96. The molecule has 0 spiro atoms. The van der Waals surface area contributed by atoms with E-state index in [4.69, 9.17) is 30.2 Å². The first-order valence-electron chi connectivity index (χ1n) is 12.9. The number of ether oxygens (including phenoxy) is 1. The van der Waals surface area contributed by atoms with E-state index in [2.05, 4.69) is 5.32 Å². The van der Waals surface area contributed by atoms with E-state index in [1.807, 2.05) is 4.90 Å². The predicted octanol–water partition coefficient (Wildman–Crippen LogP) is 1.87. The van der Waals surface area contributed by atoms with Gasteiger partial charge in [-0.2, -0.15) is 0 Å².